The highest BCUT2D eigenvalue weighted by atomic mass is 32.1. The smallest absolute Gasteiger partial charge is 0.209 e. The Hall–Kier alpha value is -6.82. The maximum Gasteiger partial charge on any atom is 0.209 e. The first kappa shape index (κ1) is 30.8. The van der Waals surface area contributed by atoms with Crippen molar-refractivity contribution < 1.29 is 0 Å². The number of rotatable bonds is 4. The standard InChI is InChI=1S/C49H32N4S/c1-3-12-31(13-4-1)36-26-27-44-40(28-36)41-29-46-43(50-48(54-46)35-15-5-2-6-16-35)30-45(41)53(44)49-51-42-21-10-9-19-39(42)47(52-49)34-24-22-33(23-25-34)38-20-11-17-32-14-7-8-18-37(32)38/h1-30,42H,(H,51,52). The van der Waals surface area contributed by atoms with Crippen molar-refractivity contribution in [3.05, 3.63) is 193 Å². The van der Waals surface area contributed by atoms with Gasteiger partial charge in [0.25, 0.3) is 0 Å². The van der Waals surface area contributed by atoms with Gasteiger partial charge in [0.2, 0.25) is 5.96 Å². The lowest BCUT2D eigenvalue weighted by Crippen LogP contribution is -2.42. The molecule has 2 aromatic heterocycles. The summed E-state index contributed by atoms with van der Waals surface area (Å²) in [5.41, 5.74) is 12.3. The first-order chi connectivity index (χ1) is 26.7. The Kier molecular flexibility index (Phi) is 7.07. The van der Waals surface area contributed by atoms with Gasteiger partial charge in [0.1, 0.15) is 5.01 Å². The van der Waals surface area contributed by atoms with Crippen molar-refractivity contribution in [2.24, 2.45) is 4.99 Å². The highest BCUT2D eigenvalue weighted by Gasteiger charge is 2.27. The lowest BCUT2D eigenvalue weighted by molar-refractivity contribution is 0.805. The summed E-state index contributed by atoms with van der Waals surface area (Å²) in [6.07, 6.45) is 8.63. The summed E-state index contributed by atoms with van der Waals surface area (Å²) in [6.45, 7) is 0. The van der Waals surface area contributed by atoms with Gasteiger partial charge in [-0.1, -0.05) is 158 Å². The van der Waals surface area contributed by atoms with Gasteiger partial charge < -0.3 is 5.32 Å². The van der Waals surface area contributed by atoms with Gasteiger partial charge in [-0.2, -0.15) is 0 Å². The van der Waals surface area contributed by atoms with Crippen LogP contribution in [-0.2, 0) is 0 Å². The second-order valence-electron chi connectivity index (χ2n) is 13.9. The maximum absolute atomic E-state index is 5.49. The summed E-state index contributed by atoms with van der Waals surface area (Å²) in [4.78, 5) is 10.6. The quantitative estimate of drug-likeness (QED) is 0.198. The normalized spacial score (nSPS) is 15.3. The zero-order valence-electron chi connectivity index (χ0n) is 29.1. The van der Waals surface area contributed by atoms with E-state index in [4.69, 9.17) is 9.98 Å². The van der Waals surface area contributed by atoms with Gasteiger partial charge in [-0.3, -0.25) is 4.57 Å². The van der Waals surface area contributed by atoms with Crippen molar-refractivity contribution in [2.75, 3.05) is 0 Å². The minimum atomic E-state index is -0.0287. The third-order valence-electron chi connectivity index (χ3n) is 10.7. The van der Waals surface area contributed by atoms with Crippen LogP contribution in [0, 0.1) is 0 Å². The average molecular weight is 709 g/mol. The monoisotopic (exact) mass is 708 g/mol. The molecule has 0 amide bonds. The largest absolute Gasteiger partial charge is 0.345 e. The number of nitrogens with zero attached hydrogens (tertiary/aromatic N) is 3. The van der Waals surface area contributed by atoms with Gasteiger partial charge in [-0.25, -0.2) is 9.98 Å². The molecule has 1 unspecified atom stereocenters. The molecular formula is C49H32N4S. The van der Waals surface area contributed by atoms with Crippen LogP contribution in [0.4, 0.5) is 0 Å². The number of thiazole rings is 1. The molecule has 0 bridgehead atoms. The predicted octanol–water partition coefficient (Wildman–Crippen LogP) is 12.3. The van der Waals surface area contributed by atoms with Crippen LogP contribution in [-0.4, -0.2) is 21.6 Å². The third kappa shape index (κ3) is 5.05. The Morgan fingerprint density at radius 1 is 0.556 bits per heavy atom. The maximum atomic E-state index is 5.49. The van der Waals surface area contributed by atoms with Gasteiger partial charge in [0.15, 0.2) is 0 Å². The Balaban J connectivity index is 1.10. The molecule has 0 fully saturated rings. The highest BCUT2D eigenvalue weighted by molar-refractivity contribution is 7.21. The first-order valence-corrected chi connectivity index (χ1v) is 19.1. The van der Waals surface area contributed by atoms with Crippen molar-refractivity contribution in [1.82, 2.24) is 14.9 Å². The molecular weight excluding hydrogens is 677 g/mol. The van der Waals surface area contributed by atoms with Crippen LogP contribution in [0.2, 0.25) is 0 Å². The van der Waals surface area contributed by atoms with Crippen LogP contribution in [0.15, 0.2) is 193 Å². The Morgan fingerprint density at radius 3 is 2.13 bits per heavy atom. The van der Waals surface area contributed by atoms with E-state index >= 15 is 0 Å². The molecule has 0 saturated heterocycles. The van der Waals surface area contributed by atoms with Crippen LogP contribution in [0.5, 0.6) is 0 Å². The number of hydrogen-bond donors (Lipinski definition) is 1. The van der Waals surface area contributed by atoms with Gasteiger partial charge >= 0.3 is 0 Å². The van der Waals surface area contributed by atoms with E-state index in [0.717, 1.165) is 49.9 Å². The van der Waals surface area contributed by atoms with Crippen molar-refractivity contribution in [3.63, 3.8) is 0 Å². The molecule has 0 radical (unpaired) electrons. The van der Waals surface area contributed by atoms with Crippen molar-refractivity contribution in [2.45, 2.75) is 6.04 Å². The summed E-state index contributed by atoms with van der Waals surface area (Å²) in [6, 6.07) is 56.4. The number of hydrogen-bond acceptors (Lipinski definition) is 4. The fraction of sp³-hybridized carbons (Fsp3) is 0.0204. The molecule has 0 saturated carbocycles. The molecule has 4 nitrogen and oxygen atoms in total. The van der Waals surface area contributed by atoms with Gasteiger partial charge in [-0.15, -0.1) is 11.3 Å². The second-order valence-corrected chi connectivity index (χ2v) is 14.9. The van der Waals surface area contributed by atoms with E-state index < -0.39 is 0 Å². The van der Waals surface area contributed by atoms with Crippen molar-refractivity contribution in [1.29, 1.82) is 0 Å². The summed E-state index contributed by atoms with van der Waals surface area (Å²) >= 11 is 1.74. The number of benzene rings is 7. The lowest BCUT2D eigenvalue weighted by Gasteiger charge is -2.28. The molecule has 3 heterocycles. The molecule has 5 heteroatoms. The molecule has 1 aliphatic heterocycles. The molecule has 254 valence electrons. The molecule has 11 rings (SSSR count). The van der Waals surface area contributed by atoms with Crippen LogP contribution >= 0.6 is 11.3 Å². The topological polar surface area (TPSA) is 42.2 Å². The third-order valence-corrected chi connectivity index (χ3v) is 11.7. The van der Waals surface area contributed by atoms with E-state index in [0.29, 0.717) is 0 Å². The van der Waals surface area contributed by atoms with Crippen molar-refractivity contribution >= 4 is 65.8 Å². The zero-order valence-corrected chi connectivity index (χ0v) is 30.0. The molecule has 2 aliphatic rings. The Labute approximate surface area is 316 Å². The first-order valence-electron chi connectivity index (χ1n) is 18.3. The fourth-order valence-corrected chi connectivity index (χ4v) is 9.04. The number of allylic oxidation sites excluding steroid dienone is 2. The summed E-state index contributed by atoms with van der Waals surface area (Å²) in [7, 11) is 0. The fourth-order valence-electron chi connectivity index (χ4n) is 8.05. The number of aromatic nitrogens is 2. The van der Waals surface area contributed by atoms with Gasteiger partial charge in [0, 0.05) is 27.5 Å². The minimum absolute atomic E-state index is 0.0287. The average Bonchev–Trinajstić information content (AvgIpc) is 3.81. The minimum Gasteiger partial charge on any atom is -0.345 e. The van der Waals surface area contributed by atoms with E-state index in [-0.39, 0.29) is 6.04 Å². The molecule has 1 aliphatic carbocycles. The molecule has 1 atom stereocenters. The Bertz CT molecular complexity index is 3050. The van der Waals surface area contributed by atoms with E-state index in [9.17, 15) is 0 Å². The van der Waals surface area contributed by atoms with E-state index in [2.05, 4.69) is 186 Å². The van der Waals surface area contributed by atoms with Gasteiger partial charge in [-0.05, 0) is 57.3 Å². The van der Waals surface area contributed by atoms with E-state index in [1.165, 1.54) is 48.5 Å². The number of aliphatic imine (C=N–C) groups is 1. The predicted molar refractivity (Wildman–Crippen MR) is 228 cm³/mol. The summed E-state index contributed by atoms with van der Waals surface area (Å²) in [5.74, 6) is 0.794. The Morgan fingerprint density at radius 2 is 1.28 bits per heavy atom. The lowest BCUT2D eigenvalue weighted by atomic mass is 9.93. The SMILES string of the molecule is C1=CC2=C(c3ccc(-c4cccc5ccccc45)cc3)N=C(n3c4ccc(-c5ccccc5)cc4c4cc5sc(-c6ccccc6)nc5cc43)NC2C=C1. The van der Waals surface area contributed by atoms with Gasteiger partial charge in [0.05, 0.1) is 33.0 Å². The van der Waals surface area contributed by atoms with Crippen LogP contribution in [0.1, 0.15) is 5.56 Å². The molecule has 0 spiro atoms. The highest BCUT2D eigenvalue weighted by Crippen LogP contribution is 2.40. The zero-order chi connectivity index (χ0) is 35.6. The second kappa shape index (κ2) is 12.4. The van der Waals surface area contributed by atoms with Crippen LogP contribution < -0.4 is 5.32 Å². The van der Waals surface area contributed by atoms with E-state index in [1.807, 2.05) is 6.07 Å². The van der Waals surface area contributed by atoms with Crippen LogP contribution in [0.3, 0.4) is 0 Å². The summed E-state index contributed by atoms with van der Waals surface area (Å²) in [5, 5.41) is 9.70. The van der Waals surface area contributed by atoms with Crippen molar-refractivity contribution in [3.8, 4) is 32.8 Å². The van der Waals surface area contributed by atoms with E-state index in [1.54, 1.807) is 11.3 Å². The number of fused-ring (bicyclic) bond motifs is 6. The van der Waals surface area contributed by atoms with Crippen LogP contribution in [0.25, 0.3) is 81.3 Å². The number of nitrogens with one attached hydrogen (secondary N) is 1. The molecule has 54 heavy (non-hydrogen) atoms. The summed E-state index contributed by atoms with van der Waals surface area (Å²) < 4.78 is 3.46. The molecule has 1 N–H and O–H groups in total. The molecule has 9 aromatic rings. The molecule has 7 aromatic carbocycles.